The number of ether oxygens (including phenoxy) is 5. The highest BCUT2D eigenvalue weighted by molar-refractivity contribution is 5.15. The van der Waals surface area contributed by atoms with Gasteiger partial charge in [-0.3, -0.25) is 0 Å². The fraction of sp³-hybridized carbons (Fsp3) is 0.355. The summed E-state index contributed by atoms with van der Waals surface area (Å²) in [4.78, 5) is 0. The Hall–Kier alpha value is -2.84. The van der Waals surface area contributed by atoms with Gasteiger partial charge in [-0.05, 0) is 23.6 Å². The Labute approximate surface area is 219 Å². The van der Waals surface area contributed by atoms with E-state index in [1.807, 2.05) is 97.9 Å². The molecule has 1 unspecified atom stereocenters. The first-order valence-electron chi connectivity index (χ1n) is 12.7. The minimum atomic E-state index is -0.786. The van der Waals surface area contributed by atoms with Crippen molar-refractivity contribution in [2.75, 3.05) is 6.61 Å². The maximum absolute atomic E-state index is 10.3. The van der Waals surface area contributed by atoms with Crippen LogP contribution in [0.4, 0.5) is 0 Å². The molecule has 0 spiro atoms. The second kappa shape index (κ2) is 14.2. The third-order valence-electron chi connectivity index (χ3n) is 6.31. The van der Waals surface area contributed by atoms with Gasteiger partial charge in [0.05, 0.1) is 32.5 Å². The topological polar surface area (TPSA) is 66.4 Å². The number of hydrogen-bond donors (Lipinski definition) is 1. The minimum absolute atomic E-state index is 0.252. The van der Waals surface area contributed by atoms with Crippen LogP contribution < -0.4 is 0 Å². The Morgan fingerprint density at radius 3 is 1.59 bits per heavy atom. The monoisotopic (exact) mass is 504 g/mol. The van der Waals surface area contributed by atoms with Gasteiger partial charge in [-0.2, -0.15) is 0 Å². The molecule has 1 aliphatic rings. The van der Waals surface area contributed by atoms with Crippen molar-refractivity contribution < 1.29 is 28.8 Å². The van der Waals surface area contributed by atoms with Crippen molar-refractivity contribution >= 4 is 0 Å². The van der Waals surface area contributed by atoms with Crippen LogP contribution in [-0.4, -0.2) is 48.5 Å². The fourth-order valence-electron chi connectivity index (χ4n) is 4.27. The number of rotatable bonds is 13. The molecule has 1 heterocycles. The van der Waals surface area contributed by atoms with Crippen molar-refractivity contribution in [3.8, 4) is 0 Å². The first kappa shape index (κ1) is 27.2. The van der Waals surface area contributed by atoms with Crippen LogP contribution in [0.1, 0.15) is 23.6 Å². The van der Waals surface area contributed by atoms with E-state index in [1.165, 1.54) is 0 Å². The minimum Gasteiger partial charge on any atom is -0.394 e. The second-order valence-electron chi connectivity index (χ2n) is 9.09. The third kappa shape index (κ3) is 7.82. The molecular formula is C31H36O6. The van der Waals surface area contributed by atoms with E-state index in [9.17, 15) is 5.11 Å². The summed E-state index contributed by atoms with van der Waals surface area (Å²) < 4.78 is 31.7. The molecule has 3 aromatic rings. The summed E-state index contributed by atoms with van der Waals surface area (Å²) in [7, 11) is 0. The van der Waals surface area contributed by atoms with Gasteiger partial charge in [-0.15, -0.1) is 6.58 Å². The van der Waals surface area contributed by atoms with Gasteiger partial charge < -0.3 is 28.8 Å². The van der Waals surface area contributed by atoms with E-state index in [-0.39, 0.29) is 12.7 Å². The molecule has 1 aliphatic heterocycles. The summed E-state index contributed by atoms with van der Waals surface area (Å²) in [5.41, 5.74) is 3.06. The lowest BCUT2D eigenvalue weighted by Gasteiger charge is -2.46. The van der Waals surface area contributed by atoms with Gasteiger partial charge in [0.1, 0.15) is 24.4 Å². The zero-order chi connectivity index (χ0) is 25.9. The standard InChI is InChI=1S/C31H36O6/c1-3-23(2)36-31-30(35-22-26-17-11-6-12-18-26)29(34-21-25-15-9-5-10-16-25)28(27(19-32)37-31)33-20-24-13-7-4-8-14-24/h3-18,23,27-32H,1,19-22H2,2H3/t23?,27-,28-,29+,30-,31-/m1/s1. The SMILES string of the molecule is C=CC(C)O[C@@H]1O[C@H](CO)[C@@H](OCc2ccccc2)[C@H](OCc2ccccc2)[C@H]1OCc1ccccc1. The van der Waals surface area contributed by atoms with Crippen LogP contribution in [0.3, 0.4) is 0 Å². The first-order chi connectivity index (χ1) is 18.2. The van der Waals surface area contributed by atoms with E-state index in [0.717, 1.165) is 16.7 Å². The van der Waals surface area contributed by atoms with E-state index in [2.05, 4.69) is 6.58 Å². The summed E-state index contributed by atoms with van der Waals surface area (Å²) in [5, 5.41) is 10.3. The van der Waals surface area contributed by atoms with Gasteiger partial charge in [-0.25, -0.2) is 0 Å². The van der Waals surface area contributed by atoms with Gasteiger partial charge in [0.15, 0.2) is 6.29 Å². The Kier molecular flexibility index (Phi) is 10.4. The van der Waals surface area contributed by atoms with E-state index >= 15 is 0 Å². The molecule has 0 saturated carbocycles. The maximum atomic E-state index is 10.3. The molecule has 0 aromatic heterocycles. The summed E-state index contributed by atoms with van der Waals surface area (Å²) in [5.74, 6) is 0. The predicted octanol–water partition coefficient (Wildman–Crippen LogP) is 5.05. The summed E-state index contributed by atoms with van der Waals surface area (Å²) in [6.07, 6.45) is -1.81. The summed E-state index contributed by atoms with van der Waals surface area (Å²) >= 11 is 0. The van der Waals surface area contributed by atoms with Crippen molar-refractivity contribution in [3.63, 3.8) is 0 Å². The number of aliphatic hydroxyl groups excluding tert-OH is 1. The largest absolute Gasteiger partial charge is 0.394 e. The molecule has 1 N–H and O–H groups in total. The van der Waals surface area contributed by atoms with Gasteiger partial charge in [0, 0.05) is 0 Å². The quantitative estimate of drug-likeness (QED) is 0.329. The molecule has 0 bridgehead atoms. The lowest BCUT2D eigenvalue weighted by molar-refractivity contribution is -0.330. The zero-order valence-corrected chi connectivity index (χ0v) is 21.2. The average Bonchev–Trinajstić information content (AvgIpc) is 2.95. The van der Waals surface area contributed by atoms with E-state index in [1.54, 1.807) is 6.08 Å². The molecule has 196 valence electrons. The Morgan fingerprint density at radius 1 is 0.730 bits per heavy atom. The molecule has 3 aromatic carbocycles. The van der Waals surface area contributed by atoms with Crippen LogP contribution in [0.5, 0.6) is 0 Å². The van der Waals surface area contributed by atoms with Crippen LogP contribution >= 0.6 is 0 Å². The van der Waals surface area contributed by atoms with Gasteiger partial charge in [0.25, 0.3) is 0 Å². The number of benzene rings is 3. The highest BCUT2D eigenvalue weighted by atomic mass is 16.7. The Balaban J connectivity index is 1.61. The third-order valence-corrected chi connectivity index (χ3v) is 6.31. The van der Waals surface area contributed by atoms with Crippen LogP contribution in [0.25, 0.3) is 0 Å². The molecule has 1 fully saturated rings. The predicted molar refractivity (Wildman–Crippen MR) is 142 cm³/mol. The van der Waals surface area contributed by atoms with Crippen LogP contribution in [-0.2, 0) is 43.5 Å². The van der Waals surface area contributed by atoms with E-state index in [4.69, 9.17) is 23.7 Å². The summed E-state index contributed by atoms with van der Waals surface area (Å²) in [6, 6.07) is 29.8. The van der Waals surface area contributed by atoms with Crippen LogP contribution in [0, 0.1) is 0 Å². The van der Waals surface area contributed by atoms with Crippen LogP contribution in [0.15, 0.2) is 104 Å². The molecule has 6 atom stereocenters. The van der Waals surface area contributed by atoms with Gasteiger partial charge in [0.2, 0.25) is 0 Å². The van der Waals surface area contributed by atoms with Gasteiger partial charge >= 0.3 is 0 Å². The number of hydrogen-bond acceptors (Lipinski definition) is 6. The van der Waals surface area contributed by atoms with Crippen molar-refractivity contribution in [1.29, 1.82) is 0 Å². The van der Waals surface area contributed by atoms with Crippen molar-refractivity contribution in [1.82, 2.24) is 0 Å². The van der Waals surface area contributed by atoms with E-state index in [0.29, 0.717) is 19.8 Å². The fourth-order valence-corrected chi connectivity index (χ4v) is 4.27. The zero-order valence-electron chi connectivity index (χ0n) is 21.2. The first-order valence-corrected chi connectivity index (χ1v) is 12.7. The molecule has 4 rings (SSSR count). The van der Waals surface area contributed by atoms with Crippen molar-refractivity contribution in [2.45, 2.75) is 63.6 Å². The summed E-state index contributed by atoms with van der Waals surface area (Å²) in [6.45, 7) is 6.50. The maximum Gasteiger partial charge on any atom is 0.187 e. The number of aliphatic hydroxyl groups is 1. The molecule has 37 heavy (non-hydrogen) atoms. The molecule has 0 radical (unpaired) electrons. The van der Waals surface area contributed by atoms with Crippen LogP contribution in [0.2, 0.25) is 0 Å². The van der Waals surface area contributed by atoms with Gasteiger partial charge in [-0.1, -0.05) is 97.1 Å². The average molecular weight is 505 g/mol. The highest BCUT2D eigenvalue weighted by Crippen LogP contribution is 2.31. The lowest BCUT2D eigenvalue weighted by Crippen LogP contribution is -2.62. The molecule has 6 heteroatoms. The smallest absolute Gasteiger partial charge is 0.187 e. The highest BCUT2D eigenvalue weighted by Gasteiger charge is 2.49. The molecule has 1 saturated heterocycles. The normalized spacial score (nSPS) is 24.4. The van der Waals surface area contributed by atoms with E-state index < -0.39 is 30.7 Å². The molecule has 6 nitrogen and oxygen atoms in total. The van der Waals surface area contributed by atoms with Crippen molar-refractivity contribution in [2.24, 2.45) is 0 Å². The van der Waals surface area contributed by atoms with Crippen molar-refractivity contribution in [3.05, 3.63) is 120 Å². The molecular weight excluding hydrogens is 468 g/mol. The Bertz CT molecular complexity index is 1050. The second-order valence-corrected chi connectivity index (χ2v) is 9.09. The molecule has 0 amide bonds. The molecule has 0 aliphatic carbocycles. The Morgan fingerprint density at radius 2 is 1.16 bits per heavy atom. The lowest BCUT2D eigenvalue weighted by atomic mass is 9.97.